The molecular weight excluding hydrogens is 415 g/mol. The van der Waals surface area contributed by atoms with Crippen molar-refractivity contribution in [2.24, 2.45) is 0 Å². The molecule has 0 radical (unpaired) electrons. The van der Waals surface area contributed by atoms with Crippen molar-refractivity contribution in [2.45, 2.75) is 11.8 Å². The summed E-state index contributed by atoms with van der Waals surface area (Å²) in [5.74, 6) is 0.239. The summed E-state index contributed by atoms with van der Waals surface area (Å²) in [6.07, 6.45) is 1.42. The molecule has 0 bridgehead atoms. The maximum Gasteiger partial charge on any atom is 0.234 e. The van der Waals surface area contributed by atoms with Crippen molar-refractivity contribution in [3.05, 3.63) is 96.6 Å². The average Bonchev–Trinajstić information content (AvgIpc) is 3.27. The number of nitrogens with one attached hydrogen (secondary N) is 1. The van der Waals surface area contributed by atoms with E-state index in [1.54, 1.807) is 42.5 Å². The standard InChI is InChI=1S/C23H19FN4O2S/c24-20-8-4-5-9-21(20)28-16-25-27-23(28)31-15-22(29)26-18-10-12-19(13-11-18)30-14-17-6-2-1-3-7-17/h1-13,16H,14-15H2,(H,26,29). The minimum atomic E-state index is -0.386. The van der Waals surface area contributed by atoms with Crippen molar-refractivity contribution in [1.82, 2.24) is 14.8 Å². The zero-order chi connectivity index (χ0) is 21.5. The summed E-state index contributed by atoms with van der Waals surface area (Å²) >= 11 is 1.18. The first kappa shape index (κ1) is 20.6. The van der Waals surface area contributed by atoms with Crippen molar-refractivity contribution in [2.75, 3.05) is 11.1 Å². The Morgan fingerprint density at radius 2 is 1.74 bits per heavy atom. The van der Waals surface area contributed by atoms with Gasteiger partial charge in [0.05, 0.1) is 11.4 Å². The first-order chi connectivity index (χ1) is 15.2. The van der Waals surface area contributed by atoms with E-state index in [2.05, 4.69) is 15.5 Å². The number of hydrogen-bond acceptors (Lipinski definition) is 5. The van der Waals surface area contributed by atoms with Crippen LogP contribution in [0.15, 0.2) is 90.3 Å². The van der Waals surface area contributed by atoms with Gasteiger partial charge in [-0.15, -0.1) is 10.2 Å². The molecule has 0 spiro atoms. The van der Waals surface area contributed by atoms with Crippen LogP contribution in [0.4, 0.5) is 10.1 Å². The number of carbonyl (C=O) groups excluding carboxylic acids is 1. The van der Waals surface area contributed by atoms with Gasteiger partial charge in [0, 0.05) is 5.69 Å². The van der Waals surface area contributed by atoms with Gasteiger partial charge < -0.3 is 10.1 Å². The van der Waals surface area contributed by atoms with Gasteiger partial charge in [0.25, 0.3) is 0 Å². The Bertz CT molecular complexity index is 1150. The van der Waals surface area contributed by atoms with Gasteiger partial charge in [-0.25, -0.2) is 4.39 Å². The summed E-state index contributed by atoms with van der Waals surface area (Å²) in [4.78, 5) is 12.3. The third kappa shape index (κ3) is 5.49. The number of hydrogen-bond donors (Lipinski definition) is 1. The van der Waals surface area contributed by atoms with Crippen LogP contribution in [0.25, 0.3) is 5.69 Å². The molecule has 4 rings (SSSR count). The number of nitrogens with zero attached hydrogens (tertiary/aromatic N) is 3. The number of thioether (sulfide) groups is 1. The van der Waals surface area contributed by atoms with Gasteiger partial charge in [0.15, 0.2) is 5.16 Å². The molecule has 0 saturated heterocycles. The van der Waals surface area contributed by atoms with Crippen LogP contribution in [0.2, 0.25) is 0 Å². The van der Waals surface area contributed by atoms with Crippen LogP contribution in [-0.2, 0) is 11.4 Å². The number of anilines is 1. The van der Waals surface area contributed by atoms with Gasteiger partial charge >= 0.3 is 0 Å². The SMILES string of the molecule is O=C(CSc1nncn1-c1ccccc1F)Nc1ccc(OCc2ccccc2)cc1. The lowest BCUT2D eigenvalue weighted by Crippen LogP contribution is -2.14. The molecule has 1 heterocycles. The molecule has 0 aliphatic heterocycles. The lowest BCUT2D eigenvalue weighted by molar-refractivity contribution is -0.113. The van der Waals surface area contributed by atoms with E-state index in [0.29, 0.717) is 28.9 Å². The van der Waals surface area contributed by atoms with Gasteiger partial charge in [-0.3, -0.25) is 9.36 Å². The lowest BCUT2D eigenvalue weighted by Gasteiger charge is -2.09. The van der Waals surface area contributed by atoms with Gasteiger partial charge in [0.2, 0.25) is 5.91 Å². The Balaban J connectivity index is 1.30. The van der Waals surface area contributed by atoms with E-state index in [9.17, 15) is 9.18 Å². The summed E-state index contributed by atoms with van der Waals surface area (Å²) in [5, 5.41) is 11.1. The fourth-order valence-electron chi connectivity index (χ4n) is 2.84. The summed E-state index contributed by atoms with van der Waals surface area (Å²) < 4.78 is 21.3. The molecule has 156 valence electrons. The fourth-order valence-corrected chi connectivity index (χ4v) is 3.56. The highest BCUT2D eigenvalue weighted by Gasteiger charge is 2.13. The Hall–Kier alpha value is -3.65. The third-order valence-electron chi connectivity index (χ3n) is 4.35. The molecule has 0 unspecified atom stereocenters. The fraction of sp³-hybridized carbons (Fsp3) is 0.0870. The highest BCUT2D eigenvalue weighted by molar-refractivity contribution is 7.99. The molecule has 31 heavy (non-hydrogen) atoms. The summed E-state index contributed by atoms with van der Waals surface area (Å²) in [6, 6.07) is 23.4. The molecule has 0 aliphatic carbocycles. The molecule has 0 aliphatic rings. The second kappa shape index (κ2) is 9.90. The van der Waals surface area contributed by atoms with Gasteiger partial charge in [0.1, 0.15) is 24.5 Å². The number of amides is 1. The molecule has 0 atom stereocenters. The van der Waals surface area contributed by atoms with Crippen molar-refractivity contribution in [3.8, 4) is 11.4 Å². The maximum atomic E-state index is 14.0. The zero-order valence-electron chi connectivity index (χ0n) is 16.4. The number of benzene rings is 3. The molecule has 1 amide bonds. The minimum Gasteiger partial charge on any atom is -0.489 e. The highest BCUT2D eigenvalue weighted by atomic mass is 32.2. The zero-order valence-corrected chi connectivity index (χ0v) is 17.3. The van der Waals surface area contributed by atoms with Gasteiger partial charge in [-0.2, -0.15) is 0 Å². The lowest BCUT2D eigenvalue weighted by atomic mass is 10.2. The monoisotopic (exact) mass is 434 g/mol. The van der Waals surface area contributed by atoms with E-state index in [-0.39, 0.29) is 17.5 Å². The topological polar surface area (TPSA) is 69.0 Å². The summed E-state index contributed by atoms with van der Waals surface area (Å²) in [7, 11) is 0. The van der Waals surface area contributed by atoms with Crippen LogP contribution >= 0.6 is 11.8 Å². The van der Waals surface area contributed by atoms with Crippen LogP contribution in [0.3, 0.4) is 0 Å². The predicted molar refractivity (Wildman–Crippen MR) is 118 cm³/mol. The Kier molecular flexibility index (Phi) is 6.59. The smallest absolute Gasteiger partial charge is 0.234 e. The second-order valence-corrected chi connectivity index (χ2v) is 7.51. The molecule has 1 N–H and O–H groups in total. The van der Waals surface area contributed by atoms with Gasteiger partial charge in [-0.05, 0) is 42.0 Å². The van der Waals surface area contributed by atoms with Crippen molar-refractivity contribution in [1.29, 1.82) is 0 Å². The van der Waals surface area contributed by atoms with E-state index in [4.69, 9.17) is 4.74 Å². The number of ether oxygens (including phenoxy) is 1. The Labute approximate surface area is 183 Å². The van der Waals surface area contributed by atoms with E-state index < -0.39 is 0 Å². The number of halogens is 1. The largest absolute Gasteiger partial charge is 0.489 e. The normalized spacial score (nSPS) is 10.6. The molecule has 8 heteroatoms. The molecule has 0 fully saturated rings. The second-order valence-electron chi connectivity index (χ2n) is 6.57. The average molecular weight is 434 g/mol. The molecule has 6 nitrogen and oxygen atoms in total. The number of aromatic nitrogens is 3. The van der Waals surface area contributed by atoms with E-state index in [1.807, 2.05) is 30.3 Å². The molecule has 0 saturated carbocycles. The van der Waals surface area contributed by atoms with E-state index in [0.717, 1.165) is 5.56 Å². The summed E-state index contributed by atoms with van der Waals surface area (Å²) in [6.45, 7) is 0.478. The highest BCUT2D eigenvalue weighted by Crippen LogP contribution is 2.22. The van der Waals surface area contributed by atoms with Crippen LogP contribution in [0.5, 0.6) is 5.75 Å². The Morgan fingerprint density at radius 3 is 2.52 bits per heavy atom. The maximum absolute atomic E-state index is 14.0. The van der Waals surface area contributed by atoms with Crippen LogP contribution in [0, 0.1) is 5.82 Å². The molecule has 4 aromatic rings. The van der Waals surface area contributed by atoms with Gasteiger partial charge in [-0.1, -0.05) is 54.2 Å². The number of rotatable bonds is 8. The number of carbonyl (C=O) groups is 1. The third-order valence-corrected chi connectivity index (χ3v) is 5.29. The van der Waals surface area contributed by atoms with Crippen molar-refractivity contribution >= 4 is 23.4 Å². The minimum absolute atomic E-state index is 0.111. The van der Waals surface area contributed by atoms with E-state index in [1.165, 1.54) is 28.7 Å². The quantitative estimate of drug-likeness (QED) is 0.407. The van der Waals surface area contributed by atoms with Crippen LogP contribution in [-0.4, -0.2) is 26.4 Å². The van der Waals surface area contributed by atoms with Crippen molar-refractivity contribution in [3.63, 3.8) is 0 Å². The Morgan fingerprint density at radius 1 is 1.00 bits per heavy atom. The predicted octanol–water partition coefficient (Wildman–Crippen LogP) is 4.72. The van der Waals surface area contributed by atoms with Crippen LogP contribution < -0.4 is 10.1 Å². The molecular formula is C23H19FN4O2S. The van der Waals surface area contributed by atoms with Crippen LogP contribution in [0.1, 0.15) is 5.56 Å². The first-order valence-corrected chi connectivity index (χ1v) is 10.5. The summed E-state index contributed by atoms with van der Waals surface area (Å²) in [5.41, 5.74) is 2.08. The first-order valence-electron chi connectivity index (χ1n) is 9.53. The van der Waals surface area contributed by atoms with E-state index >= 15 is 0 Å². The molecule has 3 aromatic carbocycles. The number of para-hydroxylation sites is 1. The van der Waals surface area contributed by atoms with Crippen molar-refractivity contribution < 1.29 is 13.9 Å². The molecule has 1 aromatic heterocycles.